The van der Waals surface area contributed by atoms with Gasteiger partial charge in [0.2, 0.25) is 0 Å². The van der Waals surface area contributed by atoms with Crippen molar-refractivity contribution in [3.63, 3.8) is 0 Å². The Balaban J connectivity index is 1.42. The smallest absolute Gasteiger partial charge is 0.255 e. The third-order valence-corrected chi connectivity index (χ3v) is 5.18. The molecule has 0 spiro atoms. The summed E-state index contributed by atoms with van der Waals surface area (Å²) in [6, 6.07) is 4.12. The number of aliphatic hydroxyl groups excluding tert-OH is 1. The Hall–Kier alpha value is -2.12. The molecule has 2 aliphatic heterocycles. The molecule has 2 aliphatic rings. The van der Waals surface area contributed by atoms with Gasteiger partial charge in [-0.25, -0.2) is 4.52 Å². The summed E-state index contributed by atoms with van der Waals surface area (Å²) in [6.45, 7) is 5.09. The van der Waals surface area contributed by atoms with Gasteiger partial charge in [0.1, 0.15) is 0 Å². The molecule has 0 bridgehead atoms. The average Bonchev–Trinajstić information content (AvgIpc) is 3.34. The van der Waals surface area contributed by atoms with Crippen LogP contribution in [0.2, 0.25) is 0 Å². The minimum absolute atomic E-state index is 0.0895. The highest BCUT2D eigenvalue weighted by Crippen LogP contribution is 2.23. The largest absolute Gasteiger partial charge is 0.392 e. The van der Waals surface area contributed by atoms with Gasteiger partial charge in [0.25, 0.3) is 5.91 Å². The number of β-amino-alcohol motifs (C(OH)–C–C–N with tert-alkyl or cyclic N) is 1. The molecule has 2 saturated heterocycles. The van der Waals surface area contributed by atoms with Crippen LogP contribution >= 0.6 is 0 Å². The zero-order valence-corrected chi connectivity index (χ0v) is 14.4. The van der Waals surface area contributed by atoms with Crippen molar-refractivity contribution < 1.29 is 9.90 Å². The van der Waals surface area contributed by atoms with Gasteiger partial charge in [-0.2, -0.15) is 5.10 Å². The maximum atomic E-state index is 12.5. The molecule has 1 amide bonds. The second-order valence-electron chi connectivity index (χ2n) is 6.97. The predicted octanol–water partition coefficient (Wildman–Crippen LogP) is 0.731. The van der Waals surface area contributed by atoms with E-state index in [2.05, 4.69) is 32.3 Å². The number of pyridine rings is 1. The number of amides is 1. The molecule has 0 saturated carbocycles. The number of nitrogens with one attached hydrogen (secondary N) is 1. The van der Waals surface area contributed by atoms with E-state index in [4.69, 9.17) is 0 Å². The first-order chi connectivity index (χ1) is 12.2. The zero-order valence-electron chi connectivity index (χ0n) is 14.4. The molecule has 7 nitrogen and oxygen atoms in total. The van der Waals surface area contributed by atoms with E-state index in [1.54, 1.807) is 10.7 Å². The number of carbonyl (C=O) groups is 1. The Kier molecular flexibility index (Phi) is 4.59. The van der Waals surface area contributed by atoms with E-state index in [1.807, 2.05) is 6.20 Å². The fourth-order valence-corrected chi connectivity index (χ4v) is 3.75. The first-order valence-electron chi connectivity index (χ1n) is 9.12. The summed E-state index contributed by atoms with van der Waals surface area (Å²) in [6.07, 6.45) is 6.61. The lowest BCUT2D eigenvalue weighted by molar-refractivity contribution is 0.0950. The summed E-state index contributed by atoms with van der Waals surface area (Å²) in [7, 11) is 0. The molecule has 2 aromatic rings. The van der Waals surface area contributed by atoms with Crippen molar-refractivity contribution in [3.8, 4) is 0 Å². The Labute approximate surface area is 147 Å². The number of aliphatic hydroxyl groups is 1. The normalized spacial score (nSPS) is 21.3. The van der Waals surface area contributed by atoms with E-state index in [9.17, 15) is 9.90 Å². The van der Waals surface area contributed by atoms with Crippen LogP contribution in [0.25, 0.3) is 5.52 Å². The number of nitrogens with zero attached hydrogens (tertiary/aromatic N) is 4. The Morgan fingerprint density at radius 2 is 2.16 bits per heavy atom. The highest BCUT2D eigenvalue weighted by Gasteiger charge is 2.20. The second kappa shape index (κ2) is 7.01. The van der Waals surface area contributed by atoms with E-state index in [0.29, 0.717) is 18.7 Å². The molecule has 4 heterocycles. The van der Waals surface area contributed by atoms with Crippen molar-refractivity contribution in [3.05, 3.63) is 30.1 Å². The number of carbonyl (C=O) groups excluding carboxylic acids is 1. The van der Waals surface area contributed by atoms with Crippen LogP contribution in [-0.4, -0.2) is 70.9 Å². The van der Waals surface area contributed by atoms with Gasteiger partial charge in [-0.05, 0) is 31.4 Å². The quantitative estimate of drug-likeness (QED) is 0.837. The molecule has 1 unspecified atom stereocenters. The van der Waals surface area contributed by atoms with E-state index in [1.165, 1.54) is 12.8 Å². The van der Waals surface area contributed by atoms with E-state index in [-0.39, 0.29) is 12.0 Å². The summed E-state index contributed by atoms with van der Waals surface area (Å²) in [5.74, 6) is -0.0895. The fourth-order valence-electron chi connectivity index (χ4n) is 3.75. The maximum Gasteiger partial charge on any atom is 0.255 e. The van der Waals surface area contributed by atoms with E-state index in [0.717, 1.165) is 43.8 Å². The van der Waals surface area contributed by atoms with Crippen LogP contribution in [0.15, 0.2) is 24.5 Å². The molecule has 7 heteroatoms. The lowest BCUT2D eigenvalue weighted by Crippen LogP contribution is -2.34. The molecule has 25 heavy (non-hydrogen) atoms. The number of aromatic nitrogens is 2. The minimum atomic E-state index is -0.223. The molecule has 2 N–H and O–H groups in total. The molecule has 1 atom stereocenters. The molecule has 2 aromatic heterocycles. The summed E-state index contributed by atoms with van der Waals surface area (Å²) < 4.78 is 1.76. The maximum absolute atomic E-state index is 12.5. The topological polar surface area (TPSA) is 73.1 Å². The van der Waals surface area contributed by atoms with E-state index < -0.39 is 0 Å². The van der Waals surface area contributed by atoms with Gasteiger partial charge in [0.05, 0.1) is 23.4 Å². The highest BCUT2D eigenvalue weighted by atomic mass is 16.3. The average molecular weight is 343 g/mol. The Morgan fingerprint density at radius 1 is 1.32 bits per heavy atom. The lowest BCUT2D eigenvalue weighted by Gasteiger charge is -2.17. The molecular weight excluding hydrogens is 318 g/mol. The third-order valence-electron chi connectivity index (χ3n) is 5.18. The van der Waals surface area contributed by atoms with Crippen LogP contribution in [0.4, 0.5) is 5.69 Å². The Morgan fingerprint density at radius 3 is 2.92 bits per heavy atom. The standard InChI is InChI=1S/C18H25N5O2/c24-15-4-8-21(13-15)10-5-19-18(25)16-12-20-23-9-3-14(11-17(16)23)22-6-1-2-7-22/h3,9,11-12,15,24H,1-2,4-8,10,13H2,(H,19,25). The van der Waals surface area contributed by atoms with E-state index >= 15 is 0 Å². The Bertz CT molecular complexity index is 753. The van der Waals surface area contributed by atoms with Crippen LogP contribution in [0, 0.1) is 0 Å². The lowest BCUT2D eigenvalue weighted by atomic mass is 10.2. The van der Waals surface area contributed by atoms with Gasteiger partial charge < -0.3 is 15.3 Å². The van der Waals surface area contributed by atoms with Gasteiger partial charge in [-0.15, -0.1) is 0 Å². The van der Waals surface area contributed by atoms with Crippen LogP contribution < -0.4 is 10.2 Å². The summed E-state index contributed by atoms with van der Waals surface area (Å²) in [5.41, 5.74) is 2.62. The number of rotatable bonds is 5. The van der Waals surface area contributed by atoms with Gasteiger partial charge in [0, 0.05) is 51.2 Å². The fraction of sp³-hybridized carbons (Fsp3) is 0.556. The van der Waals surface area contributed by atoms with Gasteiger partial charge in [0.15, 0.2) is 0 Å². The summed E-state index contributed by atoms with van der Waals surface area (Å²) >= 11 is 0. The third kappa shape index (κ3) is 3.48. The van der Waals surface area contributed by atoms with Crippen molar-refractivity contribution in [1.82, 2.24) is 19.8 Å². The number of fused-ring (bicyclic) bond motifs is 1. The molecule has 0 radical (unpaired) electrons. The minimum Gasteiger partial charge on any atom is -0.392 e. The first-order valence-corrected chi connectivity index (χ1v) is 9.12. The number of anilines is 1. The van der Waals surface area contributed by atoms with Crippen molar-refractivity contribution in [2.75, 3.05) is 44.2 Å². The summed E-state index contributed by atoms with van der Waals surface area (Å²) in [4.78, 5) is 17.1. The molecular formula is C18H25N5O2. The molecule has 4 rings (SSSR count). The highest BCUT2D eigenvalue weighted by molar-refractivity contribution is 6.01. The molecule has 0 aromatic carbocycles. The van der Waals surface area contributed by atoms with Crippen LogP contribution in [0.1, 0.15) is 29.6 Å². The number of hydrogen-bond donors (Lipinski definition) is 2. The monoisotopic (exact) mass is 343 g/mol. The second-order valence-corrected chi connectivity index (χ2v) is 6.97. The molecule has 2 fully saturated rings. The molecule has 134 valence electrons. The first kappa shape index (κ1) is 16.4. The van der Waals surface area contributed by atoms with Crippen LogP contribution in [-0.2, 0) is 0 Å². The van der Waals surface area contributed by atoms with Crippen LogP contribution in [0.3, 0.4) is 0 Å². The SMILES string of the molecule is O=C(NCCN1CCC(O)C1)c1cnn2ccc(N3CCCC3)cc12. The predicted molar refractivity (Wildman–Crippen MR) is 96.0 cm³/mol. The summed E-state index contributed by atoms with van der Waals surface area (Å²) in [5, 5.41) is 16.8. The van der Waals surface area contributed by atoms with Gasteiger partial charge in [-0.1, -0.05) is 0 Å². The molecule has 0 aliphatic carbocycles. The van der Waals surface area contributed by atoms with Gasteiger partial charge >= 0.3 is 0 Å². The van der Waals surface area contributed by atoms with Crippen molar-refractivity contribution in [2.24, 2.45) is 0 Å². The van der Waals surface area contributed by atoms with Crippen molar-refractivity contribution in [1.29, 1.82) is 0 Å². The van der Waals surface area contributed by atoms with Crippen molar-refractivity contribution >= 4 is 17.1 Å². The number of hydrogen-bond acceptors (Lipinski definition) is 5. The van der Waals surface area contributed by atoms with Crippen LogP contribution in [0.5, 0.6) is 0 Å². The van der Waals surface area contributed by atoms with Gasteiger partial charge in [-0.3, -0.25) is 9.69 Å². The van der Waals surface area contributed by atoms with Crippen molar-refractivity contribution in [2.45, 2.75) is 25.4 Å². The zero-order chi connectivity index (χ0) is 17.2. The number of likely N-dealkylation sites (tertiary alicyclic amines) is 1.